The van der Waals surface area contributed by atoms with Crippen LogP contribution in [0.2, 0.25) is 0 Å². The van der Waals surface area contributed by atoms with Gasteiger partial charge in [-0.3, -0.25) is 4.79 Å². The zero-order valence-electron chi connectivity index (χ0n) is 11.9. The smallest absolute Gasteiger partial charge is 0.255 e. The number of methoxy groups -OCH3 is 2. The van der Waals surface area contributed by atoms with E-state index in [9.17, 15) is 4.79 Å². The van der Waals surface area contributed by atoms with Crippen molar-refractivity contribution in [1.29, 1.82) is 0 Å². The molecule has 1 atom stereocenters. The number of nitrogens with two attached hydrogens (primary N) is 1. The van der Waals surface area contributed by atoms with E-state index < -0.39 is 5.91 Å². The molecule has 3 N–H and O–H groups in total. The third kappa shape index (κ3) is 6.51. The molecule has 0 fully saturated rings. The van der Waals surface area contributed by atoms with Crippen LogP contribution in [0.25, 0.3) is 0 Å². The van der Waals surface area contributed by atoms with Gasteiger partial charge in [-0.05, 0) is 17.7 Å². The molecule has 0 saturated carbocycles. The molecule has 1 amide bonds. The highest BCUT2D eigenvalue weighted by atomic mass is 16.5. The molecule has 1 aromatic rings. The van der Waals surface area contributed by atoms with Crippen LogP contribution >= 0.6 is 0 Å². The lowest BCUT2D eigenvalue weighted by Gasteiger charge is -2.15. The monoisotopic (exact) mass is 282 g/mol. The third-order valence-electron chi connectivity index (χ3n) is 2.69. The van der Waals surface area contributed by atoms with Crippen LogP contribution in [0.1, 0.15) is 5.56 Å². The van der Waals surface area contributed by atoms with E-state index in [1.807, 2.05) is 24.3 Å². The standard InChI is InChI=1S/C14H22N2O4/c1-18-9-13(19-2)8-16-7-11-3-5-12(6-4-11)20-10-14(15)17/h3-6,13,16H,7-10H2,1-2H3,(H2,15,17). The van der Waals surface area contributed by atoms with Crippen LogP contribution in [0.15, 0.2) is 24.3 Å². The van der Waals surface area contributed by atoms with Gasteiger partial charge in [0.1, 0.15) is 5.75 Å². The van der Waals surface area contributed by atoms with Gasteiger partial charge in [0.15, 0.2) is 6.61 Å². The molecule has 20 heavy (non-hydrogen) atoms. The van der Waals surface area contributed by atoms with E-state index in [0.717, 1.165) is 12.1 Å². The largest absolute Gasteiger partial charge is 0.484 e. The number of hydrogen-bond donors (Lipinski definition) is 2. The van der Waals surface area contributed by atoms with Gasteiger partial charge in [-0.2, -0.15) is 0 Å². The van der Waals surface area contributed by atoms with Crippen LogP contribution in [0.4, 0.5) is 0 Å². The van der Waals surface area contributed by atoms with E-state index >= 15 is 0 Å². The van der Waals surface area contributed by atoms with Gasteiger partial charge < -0.3 is 25.3 Å². The highest BCUT2D eigenvalue weighted by Crippen LogP contribution is 2.11. The zero-order chi connectivity index (χ0) is 14.8. The van der Waals surface area contributed by atoms with E-state index in [1.165, 1.54) is 0 Å². The summed E-state index contributed by atoms with van der Waals surface area (Å²) >= 11 is 0. The van der Waals surface area contributed by atoms with Gasteiger partial charge >= 0.3 is 0 Å². The second-order valence-electron chi connectivity index (χ2n) is 4.34. The lowest BCUT2D eigenvalue weighted by molar-refractivity contribution is -0.119. The number of carbonyl (C=O) groups excluding carboxylic acids is 1. The van der Waals surface area contributed by atoms with E-state index in [2.05, 4.69) is 5.32 Å². The number of hydrogen-bond acceptors (Lipinski definition) is 5. The van der Waals surface area contributed by atoms with Crippen LogP contribution in [0.5, 0.6) is 5.75 Å². The normalized spacial score (nSPS) is 12.1. The minimum absolute atomic E-state index is 0.0400. The fourth-order valence-electron chi connectivity index (χ4n) is 1.63. The van der Waals surface area contributed by atoms with Crippen molar-refractivity contribution in [3.05, 3.63) is 29.8 Å². The Morgan fingerprint density at radius 3 is 2.55 bits per heavy atom. The Balaban J connectivity index is 2.32. The molecule has 0 bridgehead atoms. The molecule has 1 rings (SSSR count). The summed E-state index contributed by atoms with van der Waals surface area (Å²) in [6.45, 7) is 1.89. The number of rotatable bonds is 10. The van der Waals surface area contributed by atoms with E-state index in [4.69, 9.17) is 19.9 Å². The van der Waals surface area contributed by atoms with Crippen LogP contribution in [0.3, 0.4) is 0 Å². The van der Waals surface area contributed by atoms with Crippen molar-refractivity contribution in [2.75, 3.05) is 34.0 Å². The average molecular weight is 282 g/mol. The molecular formula is C14H22N2O4. The summed E-state index contributed by atoms with van der Waals surface area (Å²) in [5.41, 5.74) is 6.12. The van der Waals surface area contributed by atoms with Crippen molar-refractivity contribution in [2.24, 2.45) is 5.73 Å². The maximum atomic E-state index is 10.6. The highest BCUT2D eigenvalue weighted by Gasteiger charge is 2.05. The summed E-state index contributed by atoms with van der Waals surface area (Å²) in [4.78, 5) is 10.6. The molecule has 0 aliphatic carbocycles. The molecule has 0 radical (unpaired) electrons. The Labute approximate surface area is 119 Å². The SMILES string of the molecule is COCC(CNCc1ccc(OCC(N)=O)cc1)OC. The van der Waals surface area contributed by atoms with Crippen LogP contribution in [-0.4, -0.2) is 46.0 Å². The fourth-order valence-corrected chi connectivity index (χ4v) is 1.63. The minimum Gasteiger partial charge on any atom is -0.484 e. The predicted molar refractivity (Wildman–Crippen MR) is 75.5 cm³/mol. The quantitative estimate of drug-likeness (QED) is 0.645. The summed E-state index contributed by atoms with van der Waals surface area (Å²) in [5, 5.41) is 3.29. The summed E-state index contributed by atoms with van der Waals surface area (Å²) < 4.78 is 15.5. The van der Waals surface area contributed by atoms with Gasteiger partial charge in [0.05, 0.1) is 12.7 Å². The number of amides is 1. The Morgan fingerprint density at radius 1 is 1.30 bits per heavy atom. The van der Waals surface area contributed by atoms with Gasteiger partial charge in [0.25, 0.3) is 5.91 Å². The van der Waals surface area contributed by atoms with Crippen LogP contribution < -0.4 is 15.8 Å². The zero-order valence-corrected chi connectivity index (χ0v) is 11.9. The first-order chi connectivity index (χ1) is 9.65. The minimum atomic E-state index is -0.487. The van der Waals surface area contributed by atoms with Crippen molar-refractivity contribution in [3.8, 4) is 5.75 Å². The molecule has 0 aromatic heterocycles. The first-order valence-corrected chi connectivity index (χ1v) is 6.38. The summed E-state index contributed by atoms with van der Waals surface area (Å²) in [6, 6.07) is 7.48. The van der Waals surface area contributed by atoms with Crippen LogP contribution in [-0.2, 0) is 20.8 Å². The third-order valence-corrected chi connectivity index (χ3v) is 2.69. The van der Waals surface area contributed by atoms with Crippen molar-refractivity contribution >= 4 is 5.91 Å². The van der Waals surface area contributed by atoms with Crippen molar-refractivity contribution in [3.63, 3.8) is 0 Å². The van der Waals surface area contributed by atoms with E-state index in [-0.39, 0.29) is 12.7 Å². The van der Waals surface area contributed by atoms with Crippen LogP contribution in [0, 0.1) is 0 Å². The summed E-state index contributed by atoms with van der Waals surface area (Å²) in [7, 11) is 3.31. The molecule has 6 heteroatoms. The molecule has 112 valence electrons. The second-order valence-corrected chi connectivity index (χ2v) is 4.34. The molecule has 0 spiro atoms. The van der Waals surface area contributed by atoms with Crippen molar-refractivity contribution < 1.29 is 19.0 Å². The lowest BCUT2D eigenvalue weighted by atomic mass is 10.2. The molecule has 0 aliphatic heterocycles. The summed E-state index contributed by atoms with van der Waals surface area (Å²) in [6.07, 6.45) is 0.0400. The first kappa shape index (κ1) is 16.4. The predicted octanol–water partition coefficient (Wildman–Crippen LogP) is 0.302. The Bertz CT molecular complexity index is 395. The molecule has 1 aromatic carbocycles. The Kier molecular flexibility index (Phi) is 7.64. The van der Waals surface area contributed by atoms with Gasteiger partial charge in [0.2, 0.25) is 0 Å². The van der Waals surface area contributed by atoms with E-state index in [0.29, 0.717) is 18.9 Å². The molecule has 1 unspecified atom stereocenters. The van der Waals surface area contributed by atoms with Gasteiger partial charge in [-0.1, -0.05) is 12.1 Å². The number of benzene rings is 1. The lowest BCUT2D eigenvalue weighted by Crippen LogP contribution is -2.31. The van der Waals surface area contributed by atoms with Crippen molar-refractivity contribution in [1.82, 2.24) is 5.32 Å². The second kappa shape index (κ2) is 9.30. The molecule has 0 aliphatic rings. The Hall–Kier alpha value is -1.63. The fraction of sp³-hybridized carbons (Fsp3) is 0.500. The van der Waals surface area contributed by atoms with Gasteiger partial charge in [-0.15, -0.1) is 0 Å². The highest BCUT2D eigenvalue weighted by molar-refractivity contribution is 5.75. The maximum Gasteiger partial charge on any atom is 0.255 e. The maximum absolute atomic E-state index is 10.6. The summed E-state index contributed by atoms with van der Waals surface area (Å²) in [5.74, 6) is 0.140. The Morgan fingerprint density at radius 2 is 2.00 bits per heavy atom. The first-order valence-electron chi connectivity index (χ1n) is 6.38. The van der Waals surface area contributed by atoms with Gasteiger partial charge in [0, 0.05) is 27.3 Å². The van der Waals surface area contributed by atoms with Crippen molar-refractivity contribution in [2.45, 2.75) is 12.6 Å². The molecule has 0 heterocycles. The molecular weight excluding hydrogens is 260 g/mol. The average Bonchev–Trinajstić information content (AvgIpc) is 2.45. The number of nitrogens with one attached hydrogen (secondary N) is 1. The number of carbonyl (C=O) groups is 1. The number of primary amides is 1. The molecule has 0 saturated heterocycles. The number of ether oxygens (including phenoxy) is 3. The molecule has 6 nitrogen and oxygen atoms in total. The van der Waals surface area contributed by atoms with Gasteiger partial charge in [-0.25, -0.2) is 0 Å². The topological polar surface area (TPSA) is 82.8 Å². The van der Waals surface area contributed by atoms with E-state index in [1.54, 1.807) is 14.2 Å².